The van der Waals surface area contributed by atoms with Gasteiger partial charge in [-0.05, 0) is 44.0 Å². The van der Waals surface area contributed by atoms with Gasteiger partial charge >= 0.3 is 11.9 Å². The van der Waals surface area contributed by atoms with E-state index in [2.05, 4.69) is 17.1 Å². The van der Waals surface area contributed by atoms with Gasteiger partial charge in [-0.1, -0.05) is 6.92 Å². The number of hydrogen-bond donors (Lipinski definition) is 3. The summed E-state index contributed by atoms with van der Waals surface area (Å²) in [6, 6.07) is 1.66. The summed E-state index contributed by atoms with van der Waals surface area (Å²) in [5.74, 6) is -2.11. The maximum Gasteiger partial charge on any atom is 0.326 e. The largest absolute Gasteiger partial charge is 0.481 e. The van der Waals surface area contributed by atoms with Crippen molar-refractivity contribution >= 4 is 17.8 Å². The molecule has 8 nitrogen and oxygen atoms in total. The van der Waals surface area contributed by atoms with E-state index in [-0.39, 0.29) is 5.76 Å². The van der Waals surface area contributed by atoms with Gasteiger partial charge in [-0.3, -0.25) is 14.5 Å². The second kappa shape index (κ2) is 7.96. The first-order chi connectivity index (χ1) is 11.3. The predicted molar refractivity (Wildman–Crippen MR) is 83.5 cm³/mol. The maximum atomic E-state index is 12.0. The van der Waals surface area contributed by atoms with Gasteiger partial charge in [0, 0.05) is 0 Å². The summed E-state index contributed by atoms with van der Waals surface area (Å²) < 4.78 is 5.47. The Labute approximate surface area is 139 Å². The van der Waals surface area contributed by atoms with Gasteiger partial charge in [-0.15, -0.1) is 0 Å². The Morgan fingerprint density at radius 2 is 1.96 bits per heavy atom. The Morgan fingerprint density at radius 3 is 2.54 bits per heavy atom. The number of aliphatic carboxylic acids is 2. The summed E-state index contributed by atoms with van der Waals surface area (Å²) in [6.07, 6.45) is 1.56. The summed E-state index contributed by atoms with van der Waals surface area (Å²) >= 11 is 0. The Bertz CT molecular complexity index is 603. The topological polar surface area (TPSA) is 120 Å². The maximum absolute atomic E-state index is 12.0. The molecule has 1 aliphatic rings. The molecular formula is C16H22N2O6. The summed E-state index contributed by atoms with van der Waals surface area (Å²) in [7, 11) is 0. The predicted octanol–water partition coefficient (Wildman–Crippen LogP) is 1.17. The summed E-state index contributed by atoms with van der Waals surface area (Å²) in [4.78, 5) is 35.9. The van der Waals surface area contributed by atoms with E-state index in [4.69, 9.17) is 14.6 Å². The lowest BCUT2D eigenvalue weighted by molar-refractivity contribution is -0.145. The quantitative estimate of drug-likeness (QED) is 0.682. The molecule has 0 radical (unpaired) electrons. The van der Waals surface area contributed by atoms with Gasteiger partial charge in [0.25, 0.3) is 5.91 Å². The van der Waals surface area contributed by atoms with Crippen LogP contribution in [0.5, 0.6) is 0 Å². The number of carbonyl (C=O) groups excluding carboxylic acids is 1. The zero-order chi connectivity index (χ0) is 17.7. The molecule has 1 aromatic rings. The third-order valence-electron chi connectivity index (χ3n) is 4.12. The molecule has 1 amide bonds. The summed E-state index contributed by atoms with van der Waals surface area (Å²) in [5.41, 5.74) is 0. The van der Waals surface area contributed by atoms with Crippen molar-refractivity contribution in [1.82, 2.24) is 10.2 Å². The summed E-state index contributed by atoms with van der Waals surface area (Å²) in [5, 5.41) is 19.8. The lowest BCUT2D eigenvalue weighted by Crippen LogP contribution is -2.42. The molecule has 132 valence electrons. The van der Waals surface area contributed by atoms with Crippen LogP contribution in [0.4, 0.5) is 0 Å². The number of carboxylic acids is 2. The molecule has 0 saturated carbocycles. The van der Waals surface area contributed by atoms with Crippen LogP contribution in [-0.2, 0) is 16.1 Å². The molecule has 1 atom stereocenters. The minimum atomic E-state index is -1.49. The molecule has 2 heterocycles. The van der Waals surface area contributed by atoms with E-state index in [9.17, 15) is 14.4 Å². The second-order valence-corrected chi connectivity index (χ2v) is 6.19. The molecule has 0 spiro atoms. The SMILES string of the molecule is CC1CCN(Cc2ccc(C(=O)NC(CC(=O)O)C(=O)O)o2)CC1. The van der Waals surface area contributed by atoms with Gasteiger partial charge in [0.2, 0.25) is 0 Å². The van der Waals surface area contributed by atoms with Crippen molar-refractivity contribution in [1.29, 1.82) is 0 Å². The molecule has 1 aromatic heterocycles. The smallest absolute Gasteiger partial charge is 0.326 e. The molecule has 0 bridgehead atoms. The van der Waals surface area contributed by atoms with Crippen LogP contribution in [0.1, 0.15) is 42.5 Å². The lowest BCUT2D eigenvalue weighted by atomic mass is 9.99. The third-order valence-corrected chi connectivity index (χ3v) is 4.12. The van der Waals surface area contributed by atoms with E-state index in [0.29, 0.717) is 12.3 Å². The van der Waals surface area contributed by atoms with Gasteiger partial charge in [-0.2, -0.15) is 0 Å². The first kappa shape index (κ1) is 18.0. The Balaban J connectivity index is 1.92. The van der Waals surface area contributed by atoms with Crippen LogP contribution in [0.2, 0.25) is 0 Å². The van der Waals surface area contributed by atoms with Crippen LogP contribution in [-0.4, -0.2) is 52.1 Å². The zero-order valence-electron chi connectivity index (χ0n) is 13.5. The first-order valence-electron chi connectivity index (χ1n) is 7.91. The van der Waals surface area contributed by atoms with Gasteiger partial charge in [-0.25, -0.2) is 4.79 Å². The minimum absolute atomic E-state index is 0.0213. The van der Waals surface area contributed by atoms with E-state index < -0.39 is 30.3 Å². The molecule has 1 unspecified atom stereocenters. The average Bonchev–Trinajstić information content (AvgIpc) is 2.97. The van der Waals surface area contributed by atoms with Gasteiger partial charge in [0.05, 0.1) is 13.0 Å². The molecule has 1 fully saturated rings. The number of rotatable bonds is 7. The molecule has 1 saturated heterocycles. The van der Waals surface area contributed by atoms with Crippen LogP contribution in [0, 0.1) is 5.92 Å². The zero-order valence-corrected chi connectivity index (χ0v) is 13.5. The highest BCUT2D eigenvalue weighted by Gasteiger charge is 2.25. The molecule has 3 N–H and O–H groups in total. The van der Waals surface area contributed by atoms with Crippen molar-refractivity contribution in [3.63, 3.8) is 0 Å². The minimum Gasteiger partial charge on any atom is -0.481 e. The van der Waals surface area contributed by atoms with Crippen LogP contribution in [0.3, 0.4) is 0 Å². The Morgan fingerprint density at radius 1 is 1.29 bits per heavy atom. The normalized spacial score (nSPS) is 17.4. The number of carbonyl (C=O) groups is 3. The van der Waals surface area contributed by atoms with Crippen molar-refractivity contribution in [2.24, 2.45) is 5.92 Å². The van der Waals surface area contributed by atoms with Gasteiger partial charge in [0.1, 0.15) is 11.8 Å². The number of likely N-dealkylation sites (tertiary alicyclic amines) is 1. The Kier molecular flexibility index (Phi) is 5.97. The average molecular weight is 338 g/mol. The van der Waals surface area contributed by atoms with E-state index in [0.717, 1.165) is 31.8 Å². The molecule has 8 heteroatoms. The molecule has 24 heavy (non-hydrogen) atoms. The standard InChI is InChI=1S/C16H22N2O6/c1-10-4-6-18(7-5-10)9-11-2-3-13(24-11)15(21)17-12(16(22)23)8-14(19)20/h2-3,10,12H,4-9H2,1H3,(H,17,21)(H,19,20)(H,22,23). The second-order valence-electron chi connectivity index (χ2n) is 6.19. The van der Waals surface area contributed by atoms with E-state index in [1.54, 1.807) is 6.07 Å². The number of hydrogen-bond acceptors (Lipinski definition) is 5. The number of amides is 1. The van der Waals surface area contributed by atoms with E-state index in [1.807, 2.05) is 0 Å². The van der Waals surface area contributed by atoms with Crippen molar-refractivity contribution in [2.75, 3.05) is 13.1 Å². The molecule has 0 aliphatic carbocycles. The fourth-order valence-corrected chi connectivity index (χ4v) is 2.63. The van der Waals surface area contributed by atoms with Crippen molar-refractivity contribution in [2.45, 2.75) is 38.8 Å². The van der Waals surface area contributed by atoms with Crippen LogP contribution < -0.4 is 5.32 Å². The number of carboxylic acid groups (broad SMARTS) is 2. The lowest BCUT2D eigenvalue weighted by Gasteiger charge is -2.29. The molecule has 1 aliphatic heterocycles. The van der Waals surface area contributed by atoms with E-state index in [1.165, 1.54) is 6.07 Å². The van der Waals surface area contributed by atoms with Gasteiger partial charge < -0.3 is 19.9 Å². The number of furan rings is 1. The number of nitrogens with zero attached hydrogens (tertiary/aromatic N) is 1. The fraction of sp³-hybridized carbons (Fsp3) is 0.562. The summed E-state index contributed by atoms with van der Waals surface area (Å²) in [6.45, 7) is 4.77. The van der Waals surface area contributed by atoms with Crippen LogP contribution >= 0.6 is 0 Å². The fourth-order valence-electron chi connectivity index (χ4n) is 2.63. The first-order valence-corrected chi connectivity index (χ1v) is 7.91. The van der Waals surface area contributed by atoms with Crippen molar-refractivity contribution < 1.29 is 29.0 Å². The van der Waals surface area contributed by atoms with Crippen molar-refractivity contribution in [3.05, 3.63) is 23.7 Å². The monoisotopic (exact) mass is 338 g/mol. The van der Waals surface area contributed by atoms with Gasteiger partial charge in [0.15, 0.2) is 5.76 Å². The van der Waals surface area contributed by atoms with E-state index >= 15 is 0 Å². The highest BCUT2D eigenvalue weighted by Crippen LogP contribution is 2.19. The highest BCUT2D eigenvalue weighted by molar-refractivity contribution is 5.95. The Hall–Kier alpha value is -2.35. The van der Waals surface area contributed by atoms with Crippen molar-refractivity contribution in [3.8, 4) is 0 Å². The molecule has 2 rings (SSSR count). The van der Waals surface area contributed by atoms with Crippen LogP contribution in [0.25, 0.3) is 0 Å². The van der Waals surface area contributed by atoms with Crippen LogP contribution in [0.15, 0.2) is 16.5 Å². The third kappa shape index (κ3) is 5.09. The molecular weight excluding hydrogens is 316 g/mol. The number of piperidine rings is 1. The highest BCUT2D eigenvalue weighted by atomic mass is 16.4. The number of nitrogens with one attached hydrogen (secondary N) is 1. The molecule has 0 aromatic carbocycles.